The monoisotopic (exact) mass is 312 g/mol. The second-order valence-corrected chi connectivity index (χ2v) is 5.05. The highest BCUT2D eigenvalue weighted by molar-refractivity contribution is 6.42. The Balaban J connectivity index is 2.10. The van der Waals surface area contributed by atoms with Gasteiger partial charge < -0.3 is 5.32 Å². The number of carbonyl (C=O) groups is 1. The van der Waals surface area contributed by atoms with Crippen LogP contribution >= 0.6 is 23.2 Å². The number of amides is 1. The highest BCUT2D eigenvalue weighted by atomic mass is 35.5. The van der Waals surface area contributed by atoms with Gasteiger partial charge in [0.05, 0.1) is 21.7 Å². The van der Waals surface area contributed by atoms with E-state index in [0.717, 1.165) is 11.6 Å². The summed E-state index contributed by atoms with van der Waals surface area (Å²) in [6, 6.07) is 7.39. The standard InChI is InChI=1S/C14H11Cl2FN2O/c1-8(9-2-4-11(15)12(16)6-9)19-14(20)10-3-5-13(17)18-7-10/h2-8H,1H3,(H,19,20). The molecule has 20 heavy (non-hydrogen) atoms. The Morgan fingerprint density at radius 2 is 2.00 bits per heavy atom. The number of nitrogens with one attached hydrogen (secondary N) is 1. The van der Waals surface area contributed by atoms with Crippen molar-refractivity contribution in [1.29, 1.82) is 0 Å². The molecular weight excluding hydrogens is 302 g/mol. The fraction of sp³-hybridized carbons (Fsp3) is 0.143. The fourth-order valence-electron chi connectivity index (χ4n) is 1.66. The minimum absolute atomic E-state index is 0.262. The van der Waals surface area contributed by atoms with Crippen molar-refractivity contribution in [2.75, 3.05) is 0 Å². The fourth-order valence-corrected chi connectivity index (χ4v) is 1.96. The molecule has 2 aromatic rings. The van der Waals surface area contributed by atoms with Crippen LogP contribution in [0, 0.1) is 5.95 Å². The Kier molecular flexibility index (Phi) is 4.57. The summed E-state index contributed by atoms with van der Waals surface area (Å²) in [5.74, 6) is -0.963. The number of nitrogens with zero attached hydrogens (tertiary/aromatic N) is 1. The number of hydrogen-bond acceptors (Lipinski definition) is 2. The van der Waals surface area contributed by atoms with Crippen LogP contribution in [-0.4, -0.2) is 10.9 Å². The number of halogens is 3. The van der Waals surface area contributed by atoms with Gasteiger partial charge in [-0.3, -0.25) is 4.79 Å². The van der Waals surface area contributed by atoms with E-state index in [1.54, 1.807) is 18.2 Å². The molecule has 1 aromatic carbocycles. The Morgan fingerprint density at radius 3 is 2.60 bits per heavy atom. The number of carbonyl (C=O) groups excluding carboxylic acids is 1. The number of hydrogen-bond donors (Lipinski definition) is 1. The quantitative estimate of drug-likeness (QED) is 0.870. The highest BCUT2D eigenvalue weighted by Gasteiger charge is 2.13. The lowest BCUT2D eigenvalue weighted by Crippen LogP contribution is -2.26. The Hall–Kier alpha value is -1.65. The van der Waals surface area contributed by atoms with Crippen molar-refractivity contribution in [1.82, 2.24) is 10.3 Å². The molecule has 1 aromatic heterocycles. The summed E-state index contributed by atoms with van der Waals surface area (Å²) in [6.45, 7) is 1.81. The van der Waals surface area contributed by atoms with Gasteiger partial charge in [0.2, 0.25) is 5.95 Å². The van der Waals surface area contributed by atoms with E-state index in [1.807, 2.05) is 6.92 Å². The van der Waals surface area contributed by atoms with Gasteiger partial charge in [-0.1, -0.05) is 29.3 Å². The van der Waals surface area contributed by atoms with E-state index in [0.29, 0.717) is 15.6 Å². The van der Waals surface area contributed by atoms with Crippen LogP contribution in [-0.2, 0) is 0 Å². The molecule has 104 valence electrons. The molecule has 0 bridgehead atoms. The van der Waals surface area contributed by atoms with E-state index in [-0.39, 0.29) is 11.9 Å². The summed E-state index contributed by atoms with van der Waals surface area (Å²) >= 11 is 11.8. The maximum Gasteiger partial charge on any atom is 0.253 e. The van der Waals surface area contributed by atoms with Crippen molar-refractivity contribution in [3.8, 4) is 0 Å². The summed E-state index contributed by atoms with van der Waals surface area (Å²) in [7, 11) is 0. The van der Waals surface area contributed by atoms with Crippen molar-refractivity contribution < 1.29 is 9.18 Å². The Morgan fingerprint density at radius 1 is 1.25 bits per heavy atom. The molecule has 0 saturated heterocycles. The molecular formula is C14H11Cl2FN2O. The first kappa shape index (κ1) is 14.8. The first-order valence-electron chi connectivity index (χ1n) is 5.84. The van der Waals surface area contributed by atoms with Crippen molar-refractivity contribution in [2.45, 2.75) is 13.0 Å². The lowest BCUT2D eigenvalue weighted by molar-refractivity contribution is 0.0939. The molecule has 1 atom stereocenters. The van der Waals surface area contributed by atoms with Gasteiger partial charge in [-0.15, -0.1) is 0 Å². The van der Waals surface area contributed by atoms with Gasteiger partial charge in [-0.05, 0) is 36.8 Å². The predicted octanol–water partition coefficient (Wildman–Crippen LogP) is 4.02. The maximum atomic E-state index is 12.7. The van der Waals surface area contributed by atoms with E-state index in [4.69, 9.17) is 23.2 Å². The molecule has 2 rings (SSSR count). The van der Waals surface area contributed by atoms with Gasteiger partial charge in [0.1, 0.15) is 0 Å². The second-order valence-electron chi connectivity index (χ2n) is 4.24. The first-order valence-corrected chi connectivity index (χ1v) is 6.60. The summed E-state index contributed by atoms with van der Waals surface area (Å²) < 4.78 is 12.7. The largest absolute Gasteiger partial charge is 0.345 e. The Bertz CT molecular complexity index is 632. The van der Waals surface area contributed by atoms with Crippen LogP contribution in [0.5, 0.6) is 0 Å². The summed E-state index contributed by atoms with van der Waals surface area (Å²) in [5.41, 5.74) is 1.11. The molecule has 0 radical (unpaired) electrons. The number of rotatable bonds is 3. The van der Waals surface area contributed by atoms with E-state index < -0.39 is 5.95 Å². The van der Waals surface area contributed by atoms with Gasteiger partial charge in [0, 0.05) is 6.20 Å². The summed E-state index contributed by atoms with van der Waals surface area (Å²) in [6.07, 6.45) is 1.19. The minimum atomic E-state index is -0.626. The van der Waals surface area contributed by atoms with Crippen LogP contribution in [0.1, 0.15) is 28.9 Å². The summed E-state index contributed by atoms with van der Waals surface area (Å²) in [5, 5.41) is 3.66. The van der Waals surface area contributed by atoms with Gasteiger partial charge in [0.25, 0.3) is 5.91 Å². The Labute approximate surface area is 125 Å². The van der Waals surface area contributed by atoms with Crippen LogP contribution in [0.15, 0.2) is 36.5 Å². The lowest BCUT2D eigenvalue weighted by atomic mass is 10.1. The highest BCUT2D eigenvalue weighted by Crippen LogP contribution is 2.25. The zero-order valence-corrected chi connectivity index (χ0v) is 12.0. The van der Waals surface area contributed by atoms with Gasteiger partial charge in [0.15, 0.2) is 0 Å². The van der Waals surface area contributed by atoms with E-state index in [2.05, 4.69) is 10.3 Å². The van der Waals surface area contributed by atoms with Crippen LogP contribution in [0.3, 0.4) is 0 Å². The van der Waals surface area contributed by atoms with Crippen molar-refractivity contribution in [2.24, 2.45) is 0 Å². The minimum Gasteiger partial charge on any atom is -0.345 e. The van der Waals surface area contributed by atoms with Crippen LogP contribution < -0.4 is 5.32 Å². The zero-order chi connectivity index (χ0) is 14.7. The molecule has 3 nitrogen and oxygen atoms in total. The van der Waals surface area contributed by atoms with Gasteiger partial charge in [-0.2, -0.15) is 4.39 Å². The normalized spacial score (nSPS) is 12.0. The SMILES string of the molecule is CC(NC(=O)c1ccc(F)nc1)c1ccc(Cl)c(Cl)c1. The molecule has 0 aliphatic carbocycles. The third kappa shape index (κ3) is 3.46. The molecule has 0 saturated carbocycles. The third-order valence-corrected chi connectivity index (χ3v) is 3.52. The average Bonchev–Trinajstić information content (AvgIpc) is 2.42. The third-order valence-electron chi connectivity index (χ3n) is 2.78. The molecule has 1 heterocycles. The maximum absolute atomic E-state index is 12.7. The van der Waals surface area contributed by atoms with Crippen LogP contribution in [0.2, 0.25) is 10.0 Å². The topological polar surface area (TPSA) is 42.0 Å². The second kappa shape index (κ2) is 6.20. The lowest BCUT2D eigenvalue weighted by Gasteiger charge is -2.15. The molecule has 0 spiro atoms. The molecule has 1 N–H and O–H groups in total. The first-order chi connectivity index (χ1) is 9.47. The van der Waals surface area contributed by atoms with E-state index >= 15 is 0 Å². The number of aromatic nitrogens is 1. The molecule has 6 heteroatoms. The van der Waals surface area contributed by atoms with Crippen molar-refractivity contribution in [3.05, 3.63) is 63.6 Å². The number of benzene rings is 1. The van der Waals surface area contributed by atoms with E-state index in [9.17, 15) is 9.18 Å². The van der Waals surface area contributed by atoms with E-state index in [1.165, 1.54) is 12.3 Å². The van der Waals surface area contributed by atoms with Gasteiger partial charge >= 0.3 is 0 Å². The van der Waals surface area contributed by atoms with Crippen LogP contribution in [0.4, 0.5) is 4.39 Å². The molecule has 0 fully saturated rings. The molecule has 1 unspecified atom stereocenters. The molecule has 0 aliphatic rings. The van der Waals surface area contributed by atoms with Crippen molar-refractivity contribution in [3.63, 3.8) is 0 Å². The van der Waals surface area contributed by atoms with Gasteiger partial charge in [-0.25, -0.2) is 4.98 Å². The number of pyridine rings is 1. The zero-order valence-electron chi connectivity index (χ0n) is 10.5. The van der Waals surface area contributed by atoms with Crippen LogP contribution in [0.25, 0.3) is 0 Å². The summed E-state index contributed by atoms with van der Waals surface area (Å²) in [4.78, 5) is 15.4. The smallest absolute Gasteiger partial charge is 0.253 e. The van der Waals surface area contributed by atoms with Crippen molar-refractivity contribution >= 4 is 29.1 Å². The predicted molar refractivity (Wildman–Crippen MR) is 76.5 cm³/mol. The molecule has 0 aliphatic heterocycles. The molecule has 1 amide bonds. The average molecular weight is 313 g/mol.